The van der Waals surface area contributed by atoms with Crippen molar-refractivity contribution >= 4 is 6.01 Å². The van der Waals surface area contributed by atoms with Crippen LogP contribution >= 0.6 is 0 Å². The summed E-state index contributed by atoms with van der Waals surface area (Å²) in [5.41, 5.74) is 0.848. The van der Waals surface area contributed by atoms with Crippen LogP contribution in [0, 0.1) is 12.8 Å². The molecule has 0 amide bonds. The van der Waals surface area contributed by atoms with Crippen molar-refractivity contribution in [3.05, 3.63) is 23.4 Å². The number of aryl methyl sites for hydroxylation is 1. The first-order valence-electron chi connectivity index (χ1n) is 6.32. The zero-order valence-electron chi connectivity index (χ0n) is 11.4. The molecule has 0 aromatic carbocycles. The van der Waals surface area contributed by atoms with Gasteiger partial charge in [0.15, 0.2) is 5.76 Å². The average Bonchev–Trinajstić information content (AvgIpc) is 2.95. The molecule has 2 N–H and O–H groups in total. The Morgan fingerprint density at radius 3 is 2.79 bits per heavy atom. The lowest BCUT2D eigenvalue weighted by Crippen LogP contribution is -2.19. The number of hydrogen-bond acceptors (Lipinski definition) is 7. The molecule has 0 aliphatic heterocycles. The van der Waals surface area contributed by atoms with Gasteiger partial charge in [0.2, 0.25) is 5.89 Å². The molecule has 2 aromatic heterocycles. The van der Waals surface area contributed by atoms with Crippen LogP contribution in [-0.4, -0.2) is 21.9 Å². The van der Waals surface area contributed by atoms with Gasteiger partial charge in [-0.25, -0.2) is 0 Å². The minimum absolute atomic E-state index is 0.385. The Hall–Kier alpha value is -1.89. The number of rotatable bonds is 7. The Kier molecular flexibility index (Phi) is 4.51. The van der Waals surface area contributed by atoms with E-state index in [-0.39, 0.29) is 0 Å². The topological polar surface area (TPSA) is 89.0 Å². The summed E-state index contributed by atoms with van der Waals surface area (Å²) in [6.45, 7) is 8.14. The van der Waals surface area contributed by atoms with E-state index in [4.69, 9.17) is 8.94 Å². The molecule has 104 valence electrons. The summed E-state index contributed by atoms with van der Waals surface area (Å²) in [6.07, 6.45) is 0. The molecule has 0 fully saturated rings. The van der Waals surface area contributed by atoms with Gasteiger partial charge in [0.1, 0.15) is 0 Å². The number of hydrogen-bond donors (Lipinski definition) is 2. The molecule has 19 heavy (non-hydrogen) atoms. The third-order valence-electron chi connectivity index (χ3n) is 2.39. The van der Waals surface area contributed by atoms with Crippen LogP contribution < -0.4 is 10.6 Å². The summed E-state index contributed by atoms with van der Waals surface area (Å²) in [7, 11) is 0. The van der Waals surface area contributed by atoms with Gasteiger partial charge in [0.05, 0.1) is 18.8 Å². The molecule has 2 aromatic rings. The zero-order valence-corrected chi connectivity index (χ0v) is 11.4. The molecule has 0 saturated carbocycles. The fourth-order valence-corrected chi connectivity index (χ4v) is 1.53. The molecule has 2 heterocycles. The van der Waals surface area contributed by atoms with Crippen molar-refractivity contribution in [3.63, 3.8) is 0 Å². The number of nitrogens with zero attached hydrogens (tertiary/aromatic N) is 3. The van der Waals surface area contributed by atoms with Crippen LogP contribution in [-0.2, 0) is 13.1 Å². The molecule has 0 unspecified atom stereocenters. The predicted octanol–water partition coefficient (Wildman–Crippen LogP) is 1.72. The lowest BCUT2D eigenvalue weighted by atomic mass is 10.2. The molecule has 0 aliphatic rings. The fourth-order valence-electron chi connectivity index (χ4n) is 1.53. The molecule has 7 nitrogen and oxygen atoms in total. The average molecular weight is 265 g/mol. The first-order valence-corrected chi connectivity index (χ1v) is 6.32. The van der Waals surface area contributed by atoms with Gasteiger partial charge in [-0.1, -0.05) is 24.1 Å². The van der Waals surface area contributed by atoms with Crippen LogP contribution in [0.25, 0.3) is 0 Å². The molecule has 0 radical (unpaired) electrons. The molecule has 0 saturated heterocycles. The largest absolute Gasteiger partial charge is 0.407 e. The lowest BCUT2D eigenvalue weighted by molar-refractivity contribution is 0.382. The van der Waals surface area contributed by atoms with E-state index >= 15 is 0 Å². The van der Waals surface area contributed by atoms with Gasteiger partial charge in [-0.3, -0.25) is 0 Å². The SMILES string of the molecule is Cc1cc(CNc2nnc(CNCC(C)C)o2)on1. The number of anilines is 1. The van der Waals surface area contributed by atoms with E-state index in [0.717, 1.165) is 18.0 Å². The maximum Gasteiger partial charge on any atom is 0.315 e. The third-order valence-corrected chi connectivity index (χ3v) is 2.39. The van der Waals surface area contributed by atoms with Crippen molar-refractivity contribution < 1.29 is 8.94 Å². The van der Waals surface area contributed by atoms with Gasteiger partial charge in [-0.15, -0.1) is 5.10 Å². The quantitative estimate of drug-likeness (QED) is 0.787. The predicted molar refractivity (Wildman–Crippen MR) is 69.4 cm³/mol. The molecular weight excluding hydrogens is 246 g/mol. The van der Waals surface area contributed by atoms with Crippen molar-refractivity contribution in [2.24, 2.45) is 5.92 Å². The minimum Gasteiger partial charge on any atom is -0.407 e. The van der Waals surface area contributed by atoms with Gasteiger partial charge in [0, 0.05) is 6.07 Å². The van der Waals surface area contributed by atoms with E-state index in [1.165, 1.54) is 0 Å². The highest BCUT2D eigenvalue weighted by Gasteiger charge is 2.07. The Labute approximate surface area is 111 Å². The van der Waals surface area contributed by atoms with Crippen molar-refractivity contribution in [3.8, 4) is 0 Å². The fraction of sp³-hybridized carbons (Fsp3) is 0.583. The Bertz CT molecular complexity index is 506. The molecule has 0 atom stereocenters. The molecule has 2 rings (SSSR count). The van der Waals surface area contributed by atoms with E-state index in [1.54, 1.807) is 0 Å². The molecule has 0 bridgehead atoms. The van der Waals surface area contributed by atoms with E-state index in [1.807, 2.05) is 13.0 Å². The van der Waals surface area contributed by atoms with Crippen molar-refractivity contribution in [2.75, 3.05) is 11.9 Å². The van der Waals surface area contributed by atoms with Gasteiger partial charge in [-0.05, 0) is 19.4 Å². The summed E-state index contributed by atoms with van der Waals surface area (Å²) in [4.78, 5) is 0. The van der Waals surface area contributed by atoms with Gasteiger partial charge in [0.25, 0.3) is 0 Å². The minimum atomic E-state index is 0.385. The molecule has 0 aliphatic carbocycles. The second kappa shape index (κ2) is 6.33. The summed E-state index contributed by atoms with van der Waals surface area (Å²) >= 11 is 0. The maximum atomic E-state index is 5.44. The number of aromatic nitrogens is 3. The third kappa shape index (κ3) is 4.36. The van der Waals surface area contributed by atoms with Gasteiger partial charge in [-0.2, -0.15) is 0 Å². The highest BCUT2D eigenvalue weighted by molar-refractivity contribution is 5.19. The van der Waals surface area contributed by atoms with E-state index < -0.39 is 0 Å². The van der Waals surface area contributed by atoms with Crippen LogP contribution in [0.2, 0.25) is 0 Å². The van der Waals surface area contributed by atoms with Crippen molar-refractivity contribution in [1.29, 1.82) is 0 Å². The monoisotopic (exact) mass is 265 g/mol. The highest BCUT2D eigenvalue weighted by atomic mass is 16.5. The van der Waals surface area contributed by atoms with Crippen LogP contribution in [0.4, 0.5) is 6.01 Å². The zero-order chi connectivity index (χ0) is 13.7. The maximum absolute atomic E-state index is 5.44. The van der Waals surface area contributed by atoms with E-state index in [0.29, 0.717) is 30.9 Å². The molecular formula is C12H19N5O2. The summed E-state index contributed by atoms with van der Waals surface area (Å²) in [5.74, 6) is 1.89. The van der Waals surface area contributed by atoms with Gasteiger partial charge >= 0.3 is 6.01 Å². The first-order chi connectivity index (χ1) is 9.13. The normalized spacial score (nSPS) is 11.2. The Morgan fingerprint density at radius 1 is 1.26 bits per heavy atom. The highest BCUT2D eigenvalue weighted by Crippen LogP contribution is 2.08. The summed E-state index contributed by atoms with van der Waals surface area (Å²) in [6, 6.07) is 2.24. The second-order valence-corrected chi connectivity index (χ2v) is 4.81. The smallest absolute Gasteiger partial charge is 0.315 e. The van der Waals surface area contributed by atoms with E-state index in [9.17, 15) is 0 Å². The van der Waals surface area contributed by atoms with Crippen LogP contribution in [0.3, 0.4) is 0 Å². The summed E-state index contributed by atoms with van der Waals surface area (Å²) < 4.78 is 10.5. The summed E-state index contributed by atoms with van der Waals surface area (Å²) in [5, 5.41) is 17.9. The molecule has 7 heteroatoms. The number of nitrogens with one attached hydrogen (secondary N) is 2. The van der Waals surface area contributed by atoms with E-state index in [2.05, 4.69) is 39.8 Å². The lowest BCUT2D eigenvalue weighted by Gasteiger charge is -2.03. The van der Waals surface area contributed by atoms with Gasteiger partial charge < -0.3 is 19.6 Å². The van der Waals surface area contributed by atoms with Crippen molar-refractivity contribution in [2.45, 2.75) is 33.9 Å². The Morgan fingerprint density at radius 2 is 2.11 bits per heavy atom. The Balaban J connectivity index is 1.77. The standard InChI is InChI=1S/C12H19N5O2/c1-8(2)5-13-7-11-15-16-12(18-11)14-6-10-4-9(3)17-19-10/h4,8,13H,5-7H2,1-3H3,(H,14,16). The molecule has 0 spiro atoms. The van der Waals surface area contributed by atoms with Crippen LogP contribution in [0.1, 0.15) is 31.2 Å². The van der Waals surface area contributed by atoms with Crippen LogP contribution in [0.5, 0.6) is 0 Å². The van der Waals surface area contributed by atoms with Crippen molar-refractivity contribution in [1.82, 2.24) is 20.7 Å². The first kappa shape index (κ1) is 13.5. The second-order valence-electron chi connectivity index (χ2n) is 4.81. The van der Waals surface area contributed by atoms with Crippen LogP contribution in [0.15, 0.2) is 15.0 Å².